The number of H-pyrrole nitrogens is 1. The van der Waals surface area contributed by atoms with E-state index in [-0.39, 0.29) is 12.1 Å². The zero-order valence-corrected chi connectivity index (χ0v) is 14.5. The number of benzene rings is 1. The number of aromatic amines is 1. The molecule has 130 valence electrons. The first-order chi connectivity index (χ1) is 12.1. The van der Waals surface area contributed by atoms with Gasteiger partial charge in [-0.2, -0.15) is 0 Å². The van der Waals surface area contributed by atoms with Crippen molar-refractivity contribution < 1.29 is 9.47 Å². The Balaban J connectivity index is 1.96. The summed E-state index contributed by atoms with van der Waals surface area (Å²) in [6.45, 7) is 0.163. The second-order valence-corrected chi connectivity index (χ2v) is 5.69. The Kier molecular flexibility index (Phi) is 4.76. The van der Waals surface area contributed by atoms with Crippen LogP contribution in [0.3, 0.4) is 0 Å². The van der Waals surface area contributed by atoms with E-state index in [1.807, 2.05) is 0 Å². The molecule has 0 saturated carbocycles. The summed E-state index contributed by atoms with van der Waals surface area (Å²) >= 11 is 6.34. The molecule has 2 heterocycles. The highest BCUT2D eigenvalue weighted by molar-refractivity contribution is 6.33. The highest BCUT2D eigenvalue weighted by atomic mass is 35.5. The van der Waals surface area contributed by atoms with E-state index < -0.39 is 11.2 Å². The number of aryl methyl sites for hydroxylation is 1. The molecule has 0 atom stereocenters. The fourth-order valence-electron chi connectivity index (χ4n) is 2.64. The van der Waals surface area contributed by atoms with Gasteiger partial charge in [0.2, 0.25) is 0 Å². The van der Waals surface area contributed by atoms with E-state index in [0.29, 0.717) is 28.5 Å². The summed E-state index contributed by atoms with van der Waals surface area (Å²) in [5.74, 6) is 0.935. The molecule has 0 aliphatic heterocycles. The van der Waals surface area contributed by atoms with Gasteiger partial charge >= 0.3 is 5.69 Å². The minimum atomic E-state index is -0.484. The van der Waals surface area contributed by atoms with Crippen molar-refractivity contribution in [2.24, 2.45) is 0 Å². The van der Waals surface area contributed by atoms with Crippen molar-refractivity contribution >= 4 is 22.6 Å². The largest absolute Gasteiger partial charge is 0.493 e. The third-order valence-electron chi connectivity index (χ3n) is 3.91. The van der Waals surface area contributed by atoms with Gasteiger partial charge in [-0.05, 0) is 30.2 Å². The van der Waals surface area contributed by atoms with Crippen LogP contribution in [0.4, 0.5) is 0 Å². The number of nitrogens with zero attached hydrogens (tertiary/aromatic N) is 2. The van der Waals surface area contributed by atoms with Crippen LogP contribution in [0, 0.1) is 0 Å². The van der Waals surface area contributed by atoms with Crippen LogP contribution in [-0.4, -0.2) is 28.8 Å². The molecule has 0 spiro atoms. The quantitative estimate of drug-likeness (QED) is 0.751. The number of methoxy groups -OCH3 is 2. The van der Waals surface area contributed by atoms with Gasteiger partial charge in [-0.25, -0.2) is 9.78 Å². The molecule has 8 heteroatoms. The summed E-state index contributed by atoms with van der Waals surface area (Å²) < 4.78 is 11.6. The van der Waals surface area contributed by atoms with Crippen LogP contribution in [0.5, 0.6) is 11.5 Å². The highest BCUT2D eigenvalue weighted by Gasteiger charge is 2.14. The summed E-state index contributed by atoms with van der Waals surface area (Å²) in [6.07, 6.45) is 1.89. The average molecular weight is 362 g/mol. The van der Waals surface area contributed by atoms with Gasteiger partial charge in [-0.3, -0.25) is 9.36 Å². The van der Waals surface area contributed by atoms with E-state index in [2.05, 4.69) is 9.97 Å². The molecular weight excluding hydrogens is 346 g/mol. The van der Waals surface area contributed by atoms with Crippen LogP contribution in [0.1, 0.15) is 5.56 Å². The van der Waals surface area contributed by atoms with Crippen molar-refractivity contribution in [3.05, 3.63) is 61.9 Å². The fraction of sp³-hybridized carbons (Fsp3) is 0.235. The van der Waals surface area contributed by atoms with Crippen molar-refractivity contribution in [3.63, 3.8) is 0 Å². The van der Waals surface area contributed by atoms with Crippen molar-refractivity contribution in [1.82, 2.24) is 14.5 Å². The van der Waals surface area contributed by atoms with E-state index in [0.717, 1.165) is 10.1 Å². The summed E-state index contributed by atoms with van der Waals surface area (Å²) in [4.78, 5) is 31.4. The number of nitrogens with one attached hydrogen (secondary N) is 1. The maximum absolute atomic E-state index is 12.5. The molecule has 2 aromatic heterocycles. The maximum atomic E-state index is 12.5. The second-order valence-electron chi connectivity index (χ2n) is 5.31. The number of hydrogen-bond acceptors (Lipinski definition) is 5. The summed E-state index contributed by atoms with van der Waals surface area (Å²) in [5.41, 5.74) is 0.461. The number of pyridine rings is 1. The Labute approximate surface area is 147 Å². The summed E-state index contributed by atoms with van der Waals surface area (Å²) in [7, 11) is 3.02. The summed E-state index contributed by atoms with van der Waals surface area (Å²) in [5, 5.41) is 0.394. The maximum Gasteiger partial charge on any atom is 0.328 e. The lowest BCUT2D eigenvalue weighted by Gasteiger charge is -2.13. The van der Waals surface area contributed by atoms with E-state index in [9.17, 15) is 9.59 Å². The Morgan fingerprint density at radius 3 is 2.72 bits per heavy atom. The fourth-order valence-corrected chi connectivity index (χ4v) is 2.97. The third-order valence-corrected chi connectivity index (χ3v) is 4.33. The van der Waals surface area contributed by atoms with Gasteiger partial charge in [0.1, 0.15) is 0 Å². The van der Waals surface area contributed by atoms with Gasteiger partial charge in [0.15, 0.2) is 17.0 Å². The van der Waals surface area contributed by atoms with Crippen LogP contribution in [0.15, 0.2) is 40.1 Å². The molecule has 0 radical (unpaired) electrons. The minimum Gasteiger partial charge on any atom is -0.493 e. The number of fused-ring (bicyclic) bond motifs is 1. The van der Waals surface area contributed by atoms with E-state index in [1.165, 1.54) is 20.4 Å². The van der Waals surface area contributed by atoms with Crippen LogP contribution < -0.4 is 20.7 Å². The first-order valence-corrected chi connectivity index (χ1v) is 7.91. The topological polar surface area (TPSA) is 86.2 Å². The molecule has 1 N–H and O–H groups in total. The Morgan fingerprint density at radius 1 is 1.20 bits per heavy atom. The van der Waals surface area contributed by atoms with Crippen LogP contribution in [0.2, 0.25) is 5.02 Å². The SMILES string of the molecule is COc1ccc(CCn2c(=O)[nH]c3cccnc3c2=O)c(Cl)c1OC. The molecule has 3 aromatic rings. The van der Waals surface area contributed by atoms with E-state index >= 15 is 0 Å². The predicted molar refractivity (Wildman–Crippen MR) is 94.9 cm³/mol. The van der Waals surface area contributed by atoms with Gasteiger partial charge in [0.25, 0.3) is 5.56 Å². The summed E-state index contributed by atoms with van der Waals surface area (Å²) in [6, 6.07) is 6.81. The van der Waals surface area contributed by atoms with Crippen molar-refractivity contribution in [1.29, 1.82) is 0 Å². The zero-order valence-electron chi connectivity index (χ0n) is 13.7. The number of rotatable bonds is 5. The molecule has 7 nitrogen and oxygen atoms in total. The van der Waals surface area contributed by atoms with Crippen LogP contribution in [0.25, 0.3) is 11.0 Å². The number of ether oxygens (including phenoxy) is 2. The van der Waals surface area contributed by atoms with Gasteiger partial charge in [-0.15, -0.1) is 0 Å². The lowest BCUT2D eigenvalue weighted by molar-refractivity contribution is 0.354. The molecule has 1 aromatic carbocycles. The Bertz CT molecular complexity index is 1040. The molecule has 25 heavy (non-hydrogen) atoms. The van der Waals surface area contributed by atoms with Gasteiger partial charge in [0, 0.05) is 12.7 Å². The number of aromatic nitrogens is 3. The third kappa shape index (κ3) is 3.10. The van der Waals surface area contributed by atoms with Gasteiger partial charge in [0.05, 0.1) is 24.8 Å². The molecule has 0 aliphatic carbocycles. The van der Waals surface area contributed by atoms with E-state index in [4.69, 9.17) is 21.1 Å². The minimum absolute atomic E-state index is 0.163. The standard InChI is InChI=1S/C17H16ClN3O4/c1-24-12-6-5-10(13(18)15(12)25-2)7-9-21-16(22)14-11(20-17(21)23)4-3-8-19-14/h3-6,8H,7,9H2,1-2H3,(H,20,23). The molecule has 0 fully saturated rings. The lowest BCUT2D eigenvalue weighted by atomic mass is 10.1. The average Bonchev–Trinajstić information content (AvgIpc) is 2.62. The molecule has 0 bridgehead atoms. The molecule has 0 amide bonds. The second kappa shape index (κ2) is 6.98. The zero-order chi connectivity index (χ0) is 18.0. The van der Waals surface area contributed by atoms with Gasteiger partial charge in [-0.1, -0.05) is 17.7 Å². The smallest absolute Gasteiger partial charge is 0.328 e. The van der Waals surface area contributed by atoms with Crippen LogP contribution >= 0.6 is 11.6 Å². The van der Waals surface area contributed by atoms with Crippen molar-refractivity contribution in [3.8, 4) is 11.5 Å². The number of halogens is 1. The van der Waals surface area contributed by atoms with Crippen molar-refractivity contribution in [2.75, 3.05) is 14.2 Å². The first kappa shape index (κ1) is 17.0. The van der Waals surface area contributed by atoms with Gasteiger partial charge < -0.3 is 14.5 Å². The van der Waals surface area contributed by atoms with E-state index in [1.54, 1.807) is 24.3 Å². The molecule has 0 aliphatic rings. The monoisotopic (exact) mass is 361 g/mol. The lowest BCUT2D eigenvalue weighted by Crippen LogP contribution is -2.36. The molecule has 0 saturated heterocycles. The Morgan fingerprint density at radius 2 is 2.00 bits per heavy atom. The first-order valence-electron chi connectivity index (χ1n) is 7.54. The Hall–Kier alpha value is -2.80. The normalized spacial score (nSPS) is 10.8. The molecule has 0 unspecified atom stereocenters. The van der Waals surface area contributed by atoms with Crippen molar-refractivity contribution in [2.45, 2.75) is 13.0 Å². The van der Waals surface area contributed by atoms with Crippen LogP contribution in [-0.2, 0) is 13.0 Å². The molecule has 3 rings (SSSR count). The molecular formula is C17H16ClN3O4. The highest BCUT2D eigenvalue weighted by Crippen LogP contribution is 2.37. The number of hydrogen-bond donors (Lipinski definition) is 1. The predicted octanol–water partition coefficient (Wildman–Crippen LogP) is 2.00.